The van der Waals surface area contributed by atoms with Gasteiger partial charge in [0.25, 0.3) is 0 Å². The van der Waals surface area contributed by atoms with E-state index in [1.807, 2.05) is 0 Å². The first-order valence-corrected chi connectivity index (χ1v) is 5.63. The Morgan fingerprint density at radius 3 is 2.50 bits per heavy atom. The molecule has 1 aromatic rings. The fraction of sp³-hybridized carbons (Fsp3) is 0.250. The highest BCUT2D eigenvalue weighted by molar-refractivity contribution is 6.05. The van der Waals surface area contributed by atoms with E-state index in [0.717, 1.165) is 4.90 Å². The van der Waals surface area contributed by atoms with E-state index in [2.05, 4.69) is 0 Å². The molecule has 1 aliphatic rings. The van der Waals surface area contributed by atoms with Gasteiger partial charge in [-0.15, -0.1) is 0 Å². The zero-order valence-electron chi connectivity index (χ0n) is 10.1. The van der Waals surface area contributed by atoms with Crippen LogP contribution in [0.1, 0.15) is 16.8 Å². The molecular formula is C12H10F2N2O4. The molecule has 6 nitrogen and oxygen atoms in total. The third-order valence-electron chi connectivity index (χ3n) is 3.06. The highest BCUT2D eigenvalue weighted by Gasteiger charge is 2.37. The van der Waals surface area contributed by atoms with Gasteiger partial charge in [0.05, 0.1) is 17.2 Å². The van der Waals surface area contributed by atoms with Crippen molar-refractivity contribution in [1.82, 2.24) is 0 Å². The molecule has 106 valence electrons. The number of nitrogens with zero attached hydrogens (tertiary/aromatic N) is 1. The quantitative estimate of drug-likeness (QED) is 0.844. The van der Waals surface area contributed by atoms with Crippen LogP contribution in [-0.2, 0) is 9.59 Å². The fourth-order valence-corrected chi connectivity index (χ4v) is 2.12. The molecule has 2 rings (SSSR count). The number of carbonyl (C=O) groups excluding carboxylic acids is 2. The maximum atomic E-state index is 13.8. The van der Waals surface area contributed by atoms with Crippen molar-refractivity contribution >= 4 is 23.5 Å². The van der Waals surface area contributed by atoms with Gasteiger partial charge in [0.2, 0.25) is 11.8 Å². The number of carboxylic acids is 1. The van der Waals surface area contributed by atoms with E-state index in [4.69, 9.17) is 10.8 Å². The van der Waals surface area contributed by atoms with Crippen LogP contribution in [0.25, 0.3) is 0 Å². The van der Waals surface area contributed by atoms with Crippen molar-refractivity contribution in [1.29, 1.82) is 0 Å². The molecule has 1 atom stereocenters. The molecule has 2 amide bonds. The minimum atomic E-state index is -1.58. The number of hydrogen-bond donors (Lipinski definition) is 2. The van der Waals surface area contributed by atoms with Crippen LogP contribution in [-0.4, -0.2) is 29.4 Å². The van der Waals surface area contributed by atoms with Gasteiger partial charge < -0.3 is 15.7 Å². The summed E-state index contributed by atoms with van der Waals surface area (Å²) in [6.45, 7) is -0.225. The number of hydrogen-bond acceptors (Lipinski definition) is 3. The van der Waals surface area contributed by atoms with Gasteiger partial charge in [-0.1, -0.05) is 0 Å². The van der Waals surface area contributed by atoms with Crippen LogP contribution in [0.2, 0.25) is 0 Å². The Balaban J connectivity index is 2.50. The number of amides is 2. The maximum Gasteiger partial charge on any atom is 0.338 e. The second-order valence-electron chi connectivity index (χ2n) is 4.40. The van der Waals surface area contributed by atoms with Gasteiger partial charge in [0, 0.05) is 19.0 Å². The summed E-state index contributed by atoms with van der Waals surface area (Å²) in [7, 11) is 0. The van der Waals surface area contributed by atoms with Crippen LogP contribution in [0, 0.1) is 17.6 Å². The Morgan fingerprint density at radius 2 is 2.00 bits per heavy atom. The van der Waals surface area contributed by atoms with Crippen molar-refractivity contribution in [3.05, 3.63) is 29.3 Å². The molecule has 0 bridgehead atoms. The van der Waals surface area contributed by atoms with E-state index in [9.17, 15) is 23.2 Å². The zero-order chi connectivity index (χ0) is 15.0. The lowest BCUT2D eigenvalue weighted by atomic mass is 10.1. The molecule has 1 unspecified atom stereocenters. The number of anilines is 1. The van der Waals surface area contributed by atoms with Crippen LogP contribution < -0.4 is 10.6 Å². The van der Waals surface area contributed by atoms with Gasteiger partial charge in [0.1, 0.15) is 5.82 Å². The third-order valence-corrected chi connectivity index (χ3v) is 3.06. The lowest BCUT2D eigenvalue weighted by molar-refractivity contribution is -0.123. The third kappa shape index (κ3) is 2.31. The molecule has 1 heterocycles. The number of halogens is 2. The van der Waals surface area contributed by atoms with Crippen LogP contribution in [0.4, 0.5) is 14.5 Å². The summed E-state index contributed by atoms with van der Waals surface area (Å²) in [4.78, 5) is 34.7. The summed E-state index contributed by atoms with van der Waals surface area (Å²) in [5.41, 5.74) is 3.84. The van der Waals surface area contributed by atoms with E-state index >= 15 is 0 Å². The summed E-state index contributed by atoms with van der Waals surface area (Å²) in [6, 6.07) is 1.10. The Kier molecular flexibility index (Phi) is 3.39. The smallest absolute Gasteiger partial charge is 0.338 e. The van der Waals surface area contributed by atoms with Crippen LogP contribution in [0.15, 0.2) is 12.1 Å². The van der Waals surface area contributed by atoms with E-state index < -0.39 is 46.6 Å². The van der Waals surface area contributed by atoms with Gasteiger partial charge in [-0.2, -0.15) is 0 Å². The summed E-state index contributed by atoms with van der Waals surface area (Å²) < 4.78 is 26.9. The first-order chi connectivity index (χ1) is 9.31. The van der Waals surface area contributed by atoms with Crippen molar-refractivity contribution in [2.24, 2.45) is 11.7 Å². The molecule has 1 aliphatic heterocycles. The second kappa shape index (κ2) is 4.87. The molecular weight excluding hydrogens is 274 g/mol. The fourth-order valence-electron chi connectivity index (χ4n) is 2.12. The zero-order valence-corrected chi connectivity index (χ0v) is 10.1. The summed E-state index contributed by atoms with van der Waals surface area (Å²) in [5, 5.41) is 8.97. The molecule has 1 aromatic carbocycles. The molecule has 1 fully saturated rings. The maximum absolute atomic E-state index is 13.8. The SMILES string of the molecule is NC(=O)C1CC(=O)N(c2c(F)cc(F)cc2C(=O)O)C1. The minimum Gasteiger partial charge on any atom is -0.478 e. The van der Waals surface area contributed by atoms with Gasteiger partial charge in [-0.3, -0.25) is 9.59 Å². The second-order valence-corrected chi connectivity index (χ2v) is 4.40. The molecule has 8 heteroatoms. The lowest BCUT2D eigenvalue weighted by Gasteiger charge is -2.19. The van der Waals surface area contributed by atoms with Crippen molar-refractivity contribution in [3.63, 3.8) is 0 Å². The largest absolute Gasteiger partial charge is 0.478 e. The number of carboxylic acid groups (broad SMARTS) is 1. The highest BCUT2D eigenvalue weighted by Crippen LogP contribution is 2.31. The Labute approximate surface area is 111 Å². The molecule has 0 radical (unpaired) electrons. The molecule has 0 saturated carbocycles. The predicted octanol–water partition coefficient (Wildman–Crippen LogP) is 0.501. The first-order valence-electron chi connectivity index (χ1n) is 5.63. The predicted molar refractivity (Wildman–Crippen MR) is 63.0 cm³/mol. The van der Waals surface area contributed by atoms with Gasteiger partial charge in [0.15, 0.2) is 5.82 Å². The van der Waals surface area contributed by atoms with Crippen molar-refractivity contribution in [2.75, 3.05) is 11.4 Å². The van der Waals surface area contributed by atoms with Crippen molar-refractivity contribution in [2.45, 2.75) is 6.42 Å². The summed E-state index contributed by atoms with van der Waals surface area (Å²) in [5.74, 6) is -6.02. The number of carbonyl (C=O) groups is 3. The number of nitrogens with two attached hydrogens (primary N) is 1. The average Bonchev–Trinajstić information content (AvgIpc) is 2.70. The molecule has 0 spiro atoms. The Morgan fingerprint density at radius 1 is 1.35 bits per heavy atom. The number of benzene rings is 1. The monoisotopic (exact) mass is 284 g/mol. The van der Waals surface area contributed by atoms with E-state index in [1.54, 1.807) is 0 Å². The first kappa shape index (κ1) is 13.9. The van der Waals surface area contributed by atoms with Crippen molar-refractivity contribution in [3.8, 4) is 0 Å². The molecule has 3 N–H and O–H groups in total. The average molecular weight is 284 g/mol. The van der Waals surface area contributed by atoms with Gasteiger partial charge >= 0.3 is 5.97 Å². The Hall–Kier alpha value is -2.51. The standard InChI is InChI=1S/C12H10F2N2O4/c13-6-2-7(12(19)20)10(8(14)3-6)16-4-5(11(15)18)1-9(16)17/h2-3,5H,1,4H2,(H2,15,18)(H,19,20). The molecule has 1 saturated heterocycles. The van der Waals surface area contributed by atoms with Crippen LogP contribution in [0.3, 0.4) is 0 Å². The number of rotatable bonds is 3. The highest BCUT2D eigenvalue weighted by atomic mass is 19.1. The summed E-state index contributed by atoms with van der Waals surface area (Å²) in [6.07, 6.45) is -0.231. The van der Waals surface area contributed by atoms with E-state index in [1.165, 1.54) is 0 Å². The summed E-state index contributed by atoms with van der Waals surface area (Å²) >= 11 is 0. The molecule has 0 aliphatic carbocycles. The topological polar surface area (TPSA) is 101 Å². The number of primary amides is 1. The van der Waals surface area contributed by atoms with E-state index in [-0.39, 0.29) is 13.0 Å². The normalized spacial score (nSPS) is 18.4. The van der Waals surface area contributed by atoms with E-state index in [0.29, 0.717) is 12.1 Å². The minimum absolute atomic E-state index is 0.225. The Bertz CT molecular complexity index is 618. The van der Waals surface area contributed by atoms with Crippen LogP contribution >= 0.6 is 0 Å². The lowest BCUT2D eigenvalue weighted by Crippen LogP contribution is -2.30. The van der Waals surface area contributed by atoms with Gasteiger partial charge in [-0.25, -0.2) is 13.6 Å². The molecule has 20 heavy (non-hydrogen) atoms. The number of aromatic carboxylic acids is 1. The van der Waals surface area contributed by atoms with Crippen molar-refractivity contribution < 1.29 is 28.3 Å². The van der Waals surface area contributed by atoms with Gasteiger partial charge in [-0.05, 0) is 6.07 Å². The molecule has 0 aromatic heterocycles. The van der Waals surface area contributed by atoms with Crippen LogP contribution in [0.5, 0.6) is 0 Å².